The van der Waals surface area contributed by atoms with E-state index in [0.29, 0.717) is 19.7 Å². The number of benzene rings is 3. The molecule has 1 amide bonds. The molecule has 4 rings (SSSR count). The Morgan fingerprint density at radius 1 is 0.939 bits per heavy atom. The molecule has 1 aliphatic rings. The van der Waals surface area contributed by atoms with Crippen molar-refractivity contribution in [3.05, 3.63) is 94.5 Å². The molecule has 1 heterocycles. The van der Waals surface area contributed by atoms with Gasteiger partial charge in [-0.1, -0.05) is 52.3 Å². The number of nitrogens with zero attached hydrogens (tertiary/aromatic N) is 2. The smallest absolute Gasteiger partial charge is 0.246 e. The predicted octanol–water partition coefficient (Wildman–Crippen LogP) is 5.40. The van der Waals surface area contributed by atoms with Crippen LogP contribution in [-0.2, 0) is 11.4 Å². The summed E-state index contributed by atoms with van der Waals surface area (Å²) in [6, 6.07) is 23.8. The van der Waals surface area contributed by atoms with Crippen molar-refractivity contribution in [1.29, 1.82) is 0 Å². The number of anilines is 1. The van der Waals surface area contributed by atoms with Crippen molar-refractivity contribution in [1.82, 2.24) is 4.90 Å². The third kappa shape index (κ3) is 6.17. The number of ether oxygens (including phenoxy) is 2. The molecule has 0 unspecified atom stereocenters. The van der Waals surface area contributed by atoms with Crippen LogP contribution in [0.3, 0.4) is 0 Å². The fraction of sp³-hybridized carbons (Fsp3) is 0.222. The highest BCUT2D eigenvalue weighted by Crippen LogP contribution is 2.28. The zero-order valence-corrected chi connectivity index (χ0v) is 20.2. The minimum absolute atomic E-state index is 0.0326. The van der Waals surface area contributed by atoms with Gasteiger partial charge in [-0.3, -0.25) is 4.79 Å². The molecule has 0 aromatic heterocycles. The van der Waals surface area contributed by atoms with Crippen LogP contribution < -0.4 is 14.4 Å². The van der Waals surface area contributed by atoms with Gasteiger partial charge in [0.2, 0.25) is 5.91 Å². The van der Waals surface area contributed by atoms with Crippen molar-refractivity contribution >= 4 is 33.6 Å². The minimum Gasteiger partial charge on any atom is -0.495 e. The first-order chi connectivity index (χ1) is 16.1. The molecule has 3 aromatic rings. The molecule has 0 N–H and O–H groups in total. The van der Waals surface area contributed by atoms with Crippen molar-refractivity contribution in [2.45, 2.75) is 6.61 Å². The van der Waals surface area contributed by atoms with E-state index in [1.807, 2.05) is 77.7 Å². The lowest BCUT2D eigenvalue weighted by Gasteiger charge is -2.36. The Morgan fingerprint density at radius 3 is 2.33 bits per heavy atom. The molecule has 1 fully saturated rings. The van der Waals surface area contributed by atoms with Crippen LogP contribution in [0.5, 0.6) is 11.5 Å². The highest BCUT2D eigenvalue weighted by Gasteiger charge is 2.21. The number of rotatable bonds is 7. The summed E-state index contributed by atoms with van der Waals surface area (Å²) in [5.41, 5.74) is 3.15. The van der Waals surface area contributed by atoms with Gasteiger partial charge in [-0.25, -0.2) is 0 Å². The maximum Gasteiger partial charge on any atom is 0.246 e. The van der Waals surface area contributed by atoms with E-state index in [9.17, 15) is 4.79 Å². The summed E-state index contributed by atoms with van der Waals surface area (Å²) in [7, 11) is 1.69. The molecule has 0 radical (unpaired) electrons. The van der Waals surface area contributed by atoms with Gasteiger partial charge in [0.25, 0.3) is 0 Å². The van der Waals surface area contributed by atoms with Crippen molar-refractivity contribution in [2.24, 2.45) is 0 Å². The van der Waals surface area contributed by atoms with Gasteiger partial charge in [-0.2, -0.15) is 0 Å². The summed E-state index contributed by atoms with van der Waals surface area (Å²) >= 11 is 3.44. The molecule has 0 aliphatic carbocycles. The van der Waals surface area contributed by atoms with Crippen molar-refractivity contribution in [3.8, 4) is 11.5 Å². The van der Waals surface area contributed by atoms with Crippen LogP contribution in [0.1, 0.15) is 11.1 Å². The lowest BCUT2D eigenvalue weighted by molar-refractivity contribution is -0.126. The van der Waals surface area contributed by atoms with Crippen molar-refractivity contribution in [3.63, 3.8) is 0 Å². The van der Waals surface area contributed by atoms with Gasteiger partial charge in [-0.05, 0) is 53.6 Å². The molecule has 33 heavy (non-hydrogen) atoms. The van der Waals surface area contributed by atoms with E-state index in [-0.39, 0.29) is 5.91 Å². The summed E-state index contributed by atoms with van der Waals surface area (Å²) in [6.45, 7) is 3.45. The predicted molar refractivity (Wildman–Crippen MR) is 136 cm³/mol. The summed E-state index contributed by atoms with van der Waals surface area (Å²) < 4.78 is 12.4. The summed E-state index contributed by atoms with van der Waals surface area (Å²) in [5.74, 6) is 1.69. The highest BCUT2D eigenvalue weighted by molar-refractivity contribution is 9.10. The first-order valence-electron chi connectivity index (χ1n) is 10.9. The van der Waals surface area contributed by atoms with Gasteiger partial charge >= 0.3 is 0 Å². The Labute approximate surface area is 203 Å². The third-order valence-electron chi connectivity index (χ3n) is 5.63. The Hall–Kier alpha value is -3.25. The second-order valence-corrected chi connectivity index (χ2v) is 8.72. The number of halogens is 1. The normalized spacial score (nSPS) is 13.9. The number of carbonyl (C=O) groups is 1. The number of piperazine rings is 1. The number of methoxy groups -OCH3 is 1. The summed E-state index contributed by atoms with van der Waals surface area (Å²) in [4.78, 5) is 16.8. The Kier molecular flexibility index (Phi) is 7.68. The molecule has 3 aromatic carbocycles. The molecule has 1 saturated heterocycles. The zero-order chi connectivity index (χ0) is 23.0. The fourth-order valence-corrected chi connectivity index (χ4v) is 4.02. The topological polar surface area (TPSA) is 42.0 Å². The van der Waals surface area contributed by atoms with Gasteiger partial charge < -0.3 is 19.3 Å². The SMILES string of the molecule is COc1ccccc1N1CCN(C(=O)C=Cc2ccc(OCc3ccc(Br)cc3)cc2)CC1. The molecule has 0 saturated carbocycles. The van der Waals surface area contributed by atoms with Gasteiger partial charge in [-0.15, -0.1) is 0 Å². The Balaban J connectivity index is 1.27. The van der Waals surface area contributed by atoms with Crippen molar-refractivity contribution < 1.29 is 14.3 Å². The van der Waals surface area contributed by atoms with Crippen LogP contribution in [-0.4, -0.2) is 44.1 Å². The number of amides is 1. The number of hydrogen-bond donors (Lipinski definition) is 0. The molecule has 0 spiro atoms. The van der Waals surface area contributed by atoms with Crippen LogP contribution >= 0.6 is 15.9 Å². The molecular weight excluding hydrogens is 480 g/mol. The van der Waals surface area contributed by atoms with E-state index >= 15 is 0 Å². The van der Waals surface area contributed by atoms with Crippen LogP contribution in [0, 0.1) is 0 Å². The molecule has 1 aliphatic heterocycles. The Morgan fingerprint density at radius 2 is 1.64 bits per heavy atom. The van der Waals surface area contributed by atoms with E-state index in [1.165, 1.54) is 0 Å². The van der Waals surface area contributed by atoms with E-state index in [0.717, 1.165) is 45.9 Å². The number of carbonyl (C=O) groups excluding carboxylic acids is 1. The standard InChI is InChI=1S/C27H27BrN2O3/c1-32-26-5-3-2-4-25(26)29-16-18-30(19-17-29)27(31)15-10-21-8-13-24(14-9-21)33-20-22-6-11-23(28)12-7-22/h2-15H,16-20H2,1H3. The molecule has 6 heteroatoms. The first-order valence-corrected chi connectivity index (χ1v) is 11.7. The maximum absolute atomic E-state index is 12.7. The van der Waals surface area contributed by atoms with Crippen LogP contribution in [0.2, 0.25) is 0 Å². The van der Waals surface area contributed by atoms with E-state index in [4.69, 9.17) is 9.47 Å². The summed E-state index contributed by atoms with van der Waals surface area (Å²) in [5, 5.41) is 0. The third-order valence-corrected chi connectivity index (χ3v) is 6.16. The molecule has 0 bridgehead atoms. The molecular formula is C27H27BrN2O3. The second kappa shape index (κ2) is 11.1. The largest absolute Gasteiger partial charge is 0.495 e. The number of hydrogen-bond acceptors (Lipinski definition) is 4. The van der Waals surface area contributed by atoms with Gasteiger partial charge in [0.05, 0.1) is 12.8 Å². The van der Waals surface area contributed by atoms with Crippen LogP contribution in [0.15, 0.2) is 83.3 Å². The highest BCUT2D eigenvalue weighted by atomic mass is 79.9. The average molecular weight is 507 g/mol. The van der Waals surface area contributed by atoms with E-state index in [1.54, 1.807) is 13.2 Å². The van der Waals surface area contributed by atoms with Gasteiger partial charge in [0.1, 0.15) is 18.1 Å². The molecule has 5 nitrogen and oxygen atoms in total. The fourth-order valence-electron chi connectivity index (χ4n) is 3.75. The van der Waals surface area contributed by atoms with Gasteiger partial charge in [0, 0.05) is 36.7 Å². The quantitative estimate of drug-likeness (QED) is 0.402. The average Bonchev–Trinajstić information content (AvgIpc) is 2.87. The van der Waals surface area contributed by atoms with E-state index < -0.39 is 0 Å². The Bertz CT molecular complexity index is 1090. The first kappa shape index (κ1) is 22.9. The number of para-hydroxylation sites is 2. The lowest BCUT2D eigenvalue weighted by atomic mass is 10.2. The van der Waals surface area contributed by atoms with Crippen LogP contribution in [0.25, 0.3) is 6.08 Å². The van der Waals surface area contributed by atoms with Gasteiger partial charge in [0.15, 0.2) is 0 Å². The van der Waals surface area contributed by atoms with Crippen LogP contribution in [0.4, 0.5) is 5.69 Å². The minimum atomic E-state index is 0.0326. The molecule has 0 atom stereocenters. The second-order valence-electron chi connectivity index (χ2n) is 7.80. The summed E-state index contributed by atoms with van der Waals surface area (Å²) in [6.07, 6.45) is 3.50. The maximum atomic E-state index is 12.7. The lowest BCUT2D eigenvalue weighted by Crippen LogP contribution is -2.48. The van der Waals surface area contributed by atoms with Crippen molar-refractivity contribution in [2.75, 3.05) is 38.2 Å². The van der Waals surface area contributed by atoms with E-state index in [2.05, 4.69) is 26.9 Å². The zero-order valence-electron chi connectivity index (χ0n) is 18.6. The monoisotopic (exact) mass is 506 g/mol. The molecule has 170 valence electrons.